The van der Waals surface area contributed by atoms with Crippen LogP contribution in [-0.2, 0) is 6.42 Å². The van der Waals surface area contributed by atoms with Crippen molar-refractivity contribution in [2.75, 3.05) is 10.6 Å². The molecule has 1 aromatic heterocycles. The van der Waals surface area contributed by atoms with Crippen molar-refractivity contribution in [1.29, 1.82) is 0 Å². The number of aromatic nitrogens is 2. The highest BCUT2D eigenvalue weighted by Crippen LogP contribution is 2.22. The van der Waals surface area contributed by atoms with Crippen molar-refractivity contribution in [3.63, 3.8) is 0 Å². The average molecular weight is 326 g/mol. The van der Waals surface area contributed by atoms with Gasteiger partial charge in [0.05, 0.1) is 0 Å². The topological polar surface area (TPSA) is 66.9 Å². The standard InChI is InChI=1S/C19H26N4O/c1-6-13(4)20-19-21-14(5)11-16(22-19)18(24)23-17-12(3)9-8-10-15(17)7-2/h8-11,13H,6-7H2,1-5H3,(H,23,24)(H,20,21,22). The third-order valence-corrected chi connectivity index (χ3v) is 4.05. The molecule has 0 aliphatic carbocycles. The number of carbonyl (C=O) groups is 1. The molecule has 1 aromatic carbocycles. The summed E-state index contributed by atoms with van der Waals surface area (Å²) in [5.74, 6) is 0.284. The molecule has 0 aliphatic heterocycles. The first kappa shape index (κ1) is 17.9. The van der Waals surface area contributed by atoms with Gasteiger partial charge >= 0.3 is 0 Å². The van der Waals surface area contributed by atoms with Gasteiger partial charge in [0, 0.05) is 17.4 Å². The lowest BCUT2D eigenvalue weighted by atomic mass is 10.1. The van der Waals surface area contributed by atoms with Gasteiger partial charge in [0.25, 0.3) is 5.91 Å². The van der Waals surface area contributed by atoms with Gasteiger partial charge in [-0.3, -0.25) is 4.79 Å². The van der Waals surface area contributed by atoms with E-state index in [1.54, 1.807) is 6.07 Å². The first-order valence-corrected chi connectivity index (χ1v) is 8.46. The maximum absolute atomic E-state index is 12.7. The zero-order chi connectivity index (χ0) is 17.7. The minimum Gasteiger partial charge on any atom is -0.352 e. The third kappa shape index (κ3) is 4.31. The maximum Gasteiger partial charge on any atom is 0.274 e. The second kappa shape index (κ2) is 7.90. The Morgan fingerprint density at radius 2 is 1.96 bits per heavy atom. The Labute approximate surface area is 143 Å². The zero-order valence-electron chi connectivity index (χ0n) is 15.1. The number of para-hydroxylation sites is 1. The molecule has 1 amide bonds. The summed E-state index contributed by atoms with van der Waals surface area (Å²) in [7, 11) is 0. The molecule has 0 aliphatic rings. The van der Waals surface area contributed by atoms with Gasteiger partial charge in [-0.1, -0.05) is 32.0 Å². The van der Waals surface area contributed by atoms with Gasteiger partial charge in [-0.05, 0) is 50.8 Å². The summed E-state index contributed by atoms with van der Waals surface area (Å²) < 4.78 is 0. The molecule has 1 unspecified atom stereocenters. The molecule has 0 saturated carbocycles. The maximum atomic E-state index is 12.7. The molecule has 2 N–H and O–H groups in total. The first-order chi connectivity index (χ1) is 11.4. The summed E-state index contributed by atoms with van der Waals surface area (Å²) in [4.78, 5) is 21.4. The van der Waals surface area contributed by atoms with E-state index in [4.69, 9.17) is 0 Å². The summed E-state index contributed by atoms with van der Waals surface area (Å²) >= 11 is 0. The van der Waals surface area contributed by atoms with Crippen molar-refractivity contribution >= 4 is 17.5 Å². The second-order valence-electron chi connectivity index (χ2n) is 6.09. The lowest BCUT2D eigenvalue weighted by molar-refractivity contribution is 0.102. The van der Waals surface area contributed by atoms with Crippen molar-refractivity contribution < 1.29 is 4.79 Å². The monoisotopic (exact) mass is 326 g/mol. The van der Waals surface area contributed by atoms with E-state index in [1.165, 1.54) is 0 Å². The number of rotatable bonds is 6. The van der Waals surface area contributed by atoms with Crippen molar-refractivity contribution in [2.24, 2.45) is 0 Å². The van der Waals surface area contributed by atoms with E-state index in [0.29, 0.717) is 11.6 Å². The SMILES string of the molecule is CCc1cccc(C)c1NC(=O)c1cc(C)nc(NC(C)CC)n1. The van der Waals surface area contributed by atoms with Crippen LogP contribution in [0.4, 0.5) is 11.6 Å². The summed E-state index contributed by atoms with van der Waals surface area (Å²) in [6.45, 7) is 10.1. The van der Waals surface area contributed by atoms with Crippen LogP contribution in [0.3, 0.4) is 0 Å². The number of hydrogen-bond acceptors (Lipinski definition) is 4. The fourth-order valence-corrected chi connectivity index (χ4v) is 2.45. The van der Waals surface area contributed by atoms with Crippen LogP contribution < -0.4 is 10.6 Å². The van der Waals surface area contributed by atoms with E-state index in [-0.39, 0.29) is 11.9 Å². The highest BCUT2D eigenvalue weighted by atomic mass is 16.1. The predicted octanol–water partition coefficient (Wildman–Crippen LogP) is 4.12. The summed E-state index contributed by atoms with van der Waals surface area (Å²) in [6.07, 6.45) is 1.82. The second-order valence-corrected chi connectivity index (χ2v) is 6.09. The number of benzene rings is 1. The molecule has 0 fully saturated rings. The van der Waals surface area contributed by atoms with E-state index < -0.39 is 0 Å². The molecule has 5 heteroatoms. The Morgan fingerprint density at radius 1 is 1.21 bits per heavy atom. The van der Waals surface area contributed by atoms with Crippen molar-refractivity contribution in [3.8, 4) is 0 Å². The van der Waals surface area contributed by atoms with Gasteiger partial charge in [0.2, 0.25) is 5.95 Å². The quantitative estimate of drug-likeness (QED) is 0.838. The molecule has 0 bridgehead atoms. The number of nitrogens with zero attached hydrogens (tertiary/aromatic N) is 2. The minimum atomic E-state index is -0.211. The van der Waals surface area contributed by atoms with Crippen LogP contribution in [0.5, 0.6) is 0 Å². The van der Waals surface area contributed by atoms with Crippen LogP contribution in [0.25, 0.3) is 0 Å². The van der Waals surface area contributed by atoms with Gasteiger partial charge in [0.15, 0.2) is 0 Å². The highest BCUT2D eigenvalue weighted by molar-refractivity contribution is 6.04. The molecule has 1 heterocycles. The van der Waals surface area contributed by atoms with Crippen LogP contribution in [0.2, 0.25) is 0 Å². The predicted molar refractivity (Wildman–Crippen MR) is 98.7 cm³/mol. The Hall–Kier alpha value is -2.43. The van der Waals surface area contributed by atoms with Gasteiger partial charge in [-0.2, -0.15) is 0 Å². The highest BCUT2D eigenvalue weighted by Gasteiger charge is 2.14. The molecule has 0 spiro atoms. The Morgan fingerprint density at radius 3 is 2.62 bits per heavy atom. The Balaban J connectivity index is 2.27. The molecular weight excluding hydrogens is 300 g/mol. The van der Waals surface area contributed by atoms with E-state index in [9.17, 15) is 4.79 Å². The molecule has 0 radical (unpaired) electrons. The zero-order valence-corrected chi connectivity index (χ0v) is 15.1. The van der Waals surface area contributed by atoms with Gasteiger partial charge in [0.1, 0.15) is 5.69 Å². The smallest absolute Gasteiger partial charge is 0.274 e. The third-order valence-electron chi connectivity index (χ3n) is 4.05. The molecule has 2 rings (SSSR count). The van der Waals surface area contributed by atoms with E-state index in [0.717, 1.165) is 35.3 Å². The van der Waals surface area contributed by atoms with Crippen LogP contribution in [0.1, 0.15) is 54.5 Å². The number of hydrogen-bond donors (Lipinski definition) is 2. The molecular formula is C19H26N4O. The van der Waals surface area contributed by atoms with E-state index in [1.807, 2.05) is 32.0 Å². The number of carbonyl (C=O) groups excluding carboxylic acids is 1. The molecule has 2 aromatic rings. The Kier molecular flexibility index (Phi) is 5.90. The van der Waals surface area contributed by atoms with Crippen LogP contribution in [0, 0.1) is 13.8 Å². The number of anilines is 2. The van der Waals surface area contributed by atoms with Gasteiger partial charge in [-0.15, -0.1) is 0 Å². The van der Waals surface area contributed by atoms with Crippen LogP contribution >= 0.6 is 0 Å². The largest absolute Gasteiger partial charge is 0.352 e. The van der Waals surface area contributed by atoms with Crippen molar-refractivity contribution in [2.45, 2.75) is 53.5 Å². The summed E-state index contributed by atoms with van der Waals surface area (Å²) in [5, 5.41) is 6.23. The summed E-state index contributed by atoms with van der Waals surface area (Å²) in [5.41, 5.74) is 4.18. The lowest BCUT2D eigenvalue weighted by Gasteiger charge is -2.15. The van der Waals surface area contributed by atoms with Gasteiger partial charge in [-0.25, -0.2) is 9.97 Å². The molecule has 1 atom stereocenters. The molecule has 0 saturated heterocycles. The minimum absolute atomic E-state index is 0.211. The molecule has 128 valence electrons. The fraction of sp³-hybridized carbons (Fsp3) is 0.421. The van der Waals surface area contributed by atoms with Crippen LogP contribution in [-0.4, -0.2) is 21.9 Å². The normalized spacial score (nSPS) is 11.9. The number of amides is 1. The van der Waals surface area contributed by atoms with Crippen LogP contribution in [0.15, 0.2) is 24.3 Å². The lowest BCUT2D eigenvalue weighted by Crippen LogP contribution is -2.20. The molecule has 24 heavy (non-hydrogen) atoms. The number of aryl methyl sites for hydroxylation is 3. The molecule has 5 nitrogen and oxygen atoms in total. The van der Waals surface area contributed by atoms with E-state index in [2.05, 4.69) is 41.4 Å². The van der Waals surface area contributed by atoms with E-state index >= 15 is 0 Å². The van der Waals surface area contributed by atoms with Gasteiger partial charge < -0.3 is 10.6 Å². The van der Waals surface area contributed by atoms with Crippen molar-refractivity contribution in [3.05, 3.63) is 46.8 Å². The summed E-state index contributed by atoms with van der Waals surface area (Å²) in [6, 6.07) is 8.00. The van der Waals surface area contributed by atoms with Crippen molar-refractivity contribution in [1.82, 2.24) is 9.97 Å². The Bertz CT molecular complexity index is 727. The fourth-order valence-electron chi connectivity index (χ4n) is 2.45. The first-order valence-electron chi connectivity index (χ1n) is 8.46. The number of nitrogens with one attached hydrogen (secondary N) is 2. The average Bonchev–Trinajstić information content (AvgIpc) is 2.55.